The number of H-pyrrole nitrogens is 1. The summed E-state index contributed by atoms with van der Waals surface area (Å²) in [6.45, 7) is 3.75. The number of ether oxygens (including phenoxy) is 1. The monoisotopic (exact) mass is 620 g/mol. The Kier molecular flexibility index (Phi) is 7.63. The summed E-state index contributed by atoms with van der Waals surface area (Å²) in [5, 5.41) is 22.3. The predicted molar refractivity (Wildman–Crippen MR) is 162 cm³/mol. The number of rotatable bonds is 10. The number of thiophene rings is 1. The first-order chi connectivity index (χ1) is 21.3. The number of hydrogen-bond acceptors (Lipinski definition) is 8. The molecule has 0 radical (unpaired) electrons. The second-order valence-corrected chi connectivity index (χ2v) is 12.9. The molecule has 1 aromatic carbocycles. The van der Waals surface area contributed by atoms with Crippen LogP contribution in [-0.2, 0) is 19.5 Å². The number of benzene rings is 1. The molecule has 13 heteroatoms. The van der Waals surface area contributed by atoms with E-state index in [2.05, 4.69) is 54.7 Å². The van der Waals surface area contributed by atoms with Gasteiger partial charge in [-0.3, -0.25) is 10.00 Å². The van der Waals surface area contributed by atoms with Crippen molar-refractivity contribution in [3.63, 3.8) is 0 Å². The van der Waals surface area contributed by atoms with Gasteiger partial charge in [-0.2, -0.15) is 18.4 Å². The molecule has 4 aromatic heterocycles. The van der Waals surface area contributed by atoms with Gasteiger partial charge in [-0.1, -0.05) is 6.07 Å². The third-order valence-corrected chi connectivity index (χ3v) is 9.31. The second kappa shape index (κ2) is 11.7. The zero-order valence-corrected chi connectivity index (χ0v) is 24.7. The fourth-order valence-corrected chi connectivity index (χ4v) is 6.85. The topological polar surface area (TPSA) is 108 Å². The zero-order valence-electron chi connectivity index (χ0n) is 23.9. The summed E-state index contributed by atoms with van der Waals surface area (Å²) in [5.41, 5.74) is 3.64. The Labute approximate surface area is 255 Å². The third kappa shape index (κ3) is 6.51. The van der Waals surface area contributed by atoms with Crippen molar-refractivity contribution in [2.75, 3.05) is 25.0 Å². The molecule has 0 atom stereocenters. The molecule has 0 bridgehead atoms. The van der Waals surface area contributed by atoms with Crippen LogP contribution in [0.2, 0.25) is 0 Å². The maximum absolute atomic E-state index is 12.9. The van der Waals surface area contributed by atoms with Gasteiger partial charge in [0.25, 0.3) is 0 Å². The van der Waals surface area contributed by atoms with Crippen LogP contribution in [0.3, 0.4) is 0 Å². The van der Waals surface area contributed by atoms with Crippen molar-refractivity contribution in [1.29, 1.82) is 5.26 Å². The minimum Gasteiger partial charge on any atom is -0.476 e. The summed E-state index contributed by atoms with van der Waals surface area (Å²) >= 11 is 1.06. The number of likely N-dealkylation sites (tertiary alicyclic amines) is 1. The molecule has 5 aromatic rings. The zero-order chi connectivity index (χ0) is 30.3. The Morgan fingerprint density at radius 3 is 2.68 bits per heavy atom. The lowest BCUT2D eigenvalue weighted by molar-refractivity contribution is -0.126. The van der Waals surface area contributed by atoms with Crippen LogP contribution in [0.5, 0.6) is 5.88 Å². The largest absolute Gasteiger partial charge is 0.476 e. The number of nitrogens with zero attached hydrogens (tertiary/aromatic N) is 6. The molecule has 1 aliphatic heterocycles. The van der Waals surface area contributed by atoms with Crippen molar-refractivity contribution in [2.45, 2.75) is 57.4 Å². The van der Waals surface area contributed by atoms with E-state index in [0.717, 1.165) is 60.4 Å². The summed E-state index contributed by atoms with van der Waals surface area (Å²) in [5.74, 6) is 1.84. The molecule has 1 saturated heterocycles. The van der Waals surface area contributed by atoms with Crippen LogP contribution in [0.15, 0.2) is 42.7 Å². The molecule has 1 aliphatic carbocycles. The van der Waals surface area contributed by atoms with Crippen LogP contribution >= 0.6 is 11.3 Å². The molecule has 0 amide bonds. The SMILES string of the molecule is N#Cc1cc2cc(CN3CCC(Nc4ncnc5sc(CC(F)(F)F)cc45)CC3)ccc2n1Cc1cc(OCC2CC2)n[nH]1. The van der Waals surface area contributed by atoms with Crippen LogP contribution in [0.4, 0.5) is 19.0 Å². The maximum atomic E-state index is 12.9. The van der Waals surface area contributed by atoms with Crippen LogP contribution in [0.25, 0.3) is 21.1 Å². The molecule has 0 unspecified atom stereocenters. The van der Waals surface area contributed by atoms with Gasteiger partial charge in [-0.05, 0) is 61.4 Å². The lowest BCUT2D eigenvalue weighted by Crippen LogP contribution is -2.38. The standard InChI is InChI=1S/C31H31F3N8OS/c32-31(33,34)13-25-12-26-29(36-18-37-30(26)44-25)38-22-5-7-41(8-6-22)15-20-3-4-27-21(9-20)10-24(14-35)42(27)16-23-11-28(40-39-23)43-17-19-1-2-19/h3-4,9-12,18-19,22H,1-2,5-8,13,15-17H2,(H,39,40)(H,36,37,38). The molecule has 44 heavy (non-hydrogen) atoms. The van der Waals surface area contributed by atoms with Crippen molar-refractivity contribution in [3.8, 4) is 11.9 Å². The second-order valence-electron chi connectivity index (χ2n) is 11.7. The van der Waals surface area contributed by atoms with Crippen molar-refractivity contribution in [3.05, 3.63) is 64.6 Å². The number of halogens is 3. The normalized spacial score (nSPS) is 16.5. The van der Waals surface area contributed by atoms with E-state index in [4.69, 9.17) is 4.74 Å². The van der Waals surface area contributed by atoms with Gasteiger partial charge in [0.15, 0.2) is 0 Å². The summed E-state index contributed by atoms with van der Waals surface area (Å²) in [7, 11) is 0. The first-order valence-corrected chi connectivity index (χ1v) is 15.6. The summed E-state index contributed by atoms with van der Waals surface area (Å²) in [6.07, 6.45) is 0.414. The van der Waals surface area contributed by atoms with E-state index in [0.29, 0.717) is 46.7 Å². The Bertz CT molecular complexity index is 1830. The number of nitrogens with one attached hydrogen (secondary N) is 2. The highest BCUT2D eigenvalue weighted by Crippen LogP contribution is 2.33. The van der Waals surface area contributed by atoms with Gasteiger partial charge in [0.2, 0.25) is 5.88 Å². The van der Waals surface area contributed by atoms with Crippen molar-refractivity contribution < 1.29 is 17.9 Å². The van der Waals surface area contributed by atoms with Crippen LogP contribution in [0, 0.1) is 17.2 Å². The fraction of sp³-hybridized carbons (Fsp3) is 0.419. The van der Waals surface area contributed by atoms with Crippen LogP contribution in [-0.4, -0.2) is 61.5 Å². The molecular weight excluding hydrogens is 589 g/mol. The third-order valence-electron chi connectivity index (χ3n) is 8.27. The maximum Gasteiger partial charge on any atom is 0.393 e. The molecule has 0 spiro atoms. The fourth-order valence-electron chi connectivity index (χ4n) is 5.83. The van der Waals surface area contributed by atoms with Gasteiger partial charge >= 0.3 is 6.18 Å². The summed E-state index contributed by atoms with van der Waals surface area (Å²) < 4.78 is 46.5. The number of piperidine rings is 1. The molecule has 9 nitrogen and oxygen atoms in total. The molecule has 7 rings (SSSR count). The van der Waals surface area contributed by atoms with Gasteiger partial charge in [0.05, 0.1) is 30.7 Å². The van der Waals surface area contributed by atoms with E-state index >= 15 is 0 Å². The smallest absolute Gasteiger partial charge is 0.393 e. The highest BCUT2D eigenvalue weighted by atomic mass is 32.1. The minimum atomic E-state index is -4.25. The lowest BCUT2D eigenvalue weighted by Gasteiger charge is -2.32. The van der Waals surface area contributed by atoms with E-state index in [1.807, 2.05) is 16.7 Å². The number of hydrogen-bond donors (Lipinski definition) is 2. The van der Waals surface area contributed by atoms with Gasteiger partial charge in [-0.15, -0.1) is 16.4 Å². The number of aromatic nitrogens is 5. The average molecular weight is 621 g/mol. The molecule has 2 aliphatic rings. The summed E-state index contributed by atoms with van der Waals surface area (Å²) in [6, 6.07) is 14.3. The van der Waals surface area contributed by atoms with Crippen LogP contribution < -0.4 is 10.1 Å². The van der Waals surface area contributed by atoms with Gasteiger partial charge < -0.3 is 14.6 Å². The first-order valence-electron chi connectivity index (χ1n) is 14.8. The molecule has 5 heterocycles. The van der Waals surface area contributed by atoms with E-state index in [9.17, 15) is 18.4 Å². The van der Waals surface area contributed by atoms with Gasteiger partial charge in [0.1, 0.15) is 28.7 Å². The highest BCUT2D eigenvalue weighted by Gasteiger charge is 2.29. The van der Waals surface area contributed by atoms with Gasteiger partial charge in [-0.25, -0.2) is 9.97 Å². The molecule has 1 saturated carbocycles. The van der Waals surface area contributed by atoms with Gasteiger partial charge in [0, 0.05) is 47.5 Å². The Balaban J connectivity index is 0.970. The number of nitriles is 1. The van der Waals surface area contributed by atoms with E-state index in [-0.39, 0.29) is 10.9 Å². The average Bonchev–Trinajstić information content (AvgIpc) is 3.40. The molecule has 2 fully saturated rings. The summed E-state index contributed by atoms with van der Waals surface area (Å²) in [4.78, 5) is 11.7. The highest BCUT2D eigenvalue weighted by molar-refractivity contribution is 7.18. The minimum absolute atomic E-state index is 0.173. The van der Waals surface area contributed by atoms with E-state index in [1.165, 1.54) is 24.7 Å². The molecule has 228 valence electrons. The van der Waals surface area contributed by atoms with Crippen LogP contribution in [0.1, 0.15) is 47.5 Å². The molecule has 2 N–H and O–H groups in total. The van der Waals surface area contributed by atoms with Crippen molar-refractivity contribution >= 4 is 38.3 Å². The molecular formula is C31H31F3N8OS. The Hall–Kier alpha value is -4.15. The van der Waals surface area contributed by atoms with Crippen molar-refractivity contribution in [1.82, 2.24) is 29.6 Å². The van der Waals surface area contributed by atoms with Crippen molar-refractivity contribution in [2.24, 2.45) is 5.92 Å². The number of alkyl halides is 3. The quantitative estimate of drug-likeness (QED) is 0.190. The Morgan fingerprint density at radius 1 is 1.07 bits per heavy atom. The Morgan fingerprint density at radius 2 is 1.91 bits per heavy atom. The lowest BCUT2D eigenvalue weighted by atomic mass is 10.0. The number of anilines is 1. The van der Waals surface area contributed by atoms with E-state index in [1.54, 1.807) is 6.07 Å². The number of aromatic amines is 1. The predicted octanol–water partition coefficient (Wildman–Crippen LogP) is 6.26. The first kappa shape index (κ1) is 28.6. The number of fused-ring (bicyclic) bond motifs is 2. The van der Waals surface area contributed by atoms with E-state index < -0.39 is 12.6 Å².